The summed E-state index contributed by atoms with van der Waals surface area (Å²) in [6, 6.07) is 9.46. The standard InChI is InChI=1S/C18H19N7OS/c1-2-15-21-17(25-10-9-14(19)24-25)23-18(22-15)27-13-7-3-11(4-8-13)16(26)20-12-5-6-12/h3-4,7-10,12H,2,5-6H2,1H3,(H2,19,24)(H,20,26). The Bertz CT molecular complexity index is 966. The zero-order chi connectivity index (χ0) is 18.8. The third-order valence-corrected chi connectivity index (χ3v) is 4.89. The number of aryl methyl sites for hydroxylation is 1. The predicted octanol–water partition coefficient (Wildman–Crippen LogP) is 2.25. The molecular formula is C18H19N7OS. The van der Waals surface area contributed by atoms with Crippen LogP contribution in [0.1, 0.15) is 35.9 Å². The predicted molar refractivity (Wildman–Crippen MR) is 102 cm³/mol. The Kier molecular flexibility index (Phi) is 4.76. The number of anilines is 1. The molecule has 1 fully saturated rings. The highest BCUT2D eigenvalue weighted by molar-refractivity contribution is 7.99. The minimum absolute atomic E-state index is 0.0268. The molecule has 0 radical (unpaired) electrons. The average molecular weight is 381 g/mol. The van der Waals surface area contributed by atoms with E-state index in [0.717, 1.165) is 17.7 Å². The van der Waals surface area contributed by atoms with E-state index in [-0.39, 0.29) is 5.91 Å². The van der Waals surface area contributed by atoms with E-state index in [9.17, 15) is 4.79 Å². The van der Waals surface area contributed by atoms with E-state index in [1.807, 2.05) is 31.2 Å². The van der Waals surface area contributed by atoms with Gasteiger partial charge in [0.2, 0.25) is 0 Å². The summed E-state index contributed by atoms with van der Waals surface area (Å²) in [5.41, 5.74) is 6.34. The second-order valence-electron chi connectivity index (χ2n) is 6.25. The molecule has 0 saturated heterocycles. The second kappa shape index (κ2) is 7.36. The second-order valence-corrected chi connectivity index (χ2v) is 7.29. The Morgan fingerprint density at radius 3 is 2.63 bits per heavy atom. The summed E-state index contributed by atoms with van der Waals surface area (Å²) < 4.78 is 1.53. The van der Waals surface area contributed by atoms with Gasteiger partial charge in [-0.2, -0.15) is 9.97 Å². The van der Waals surface area contributed by atoms with Crippen LogP contribution >= 0.6 is 11.8 Å². The van der Waals surface area contributed by atoms with Gasteiger partial charge in [-0.05, 0) is 48.9 Å². The van der Waals surface area contributed by atoms with Gasteiger partial charge in [0.05, 0.1) is 0 Å². The molecule has 0 spiro atoms. The number of amides is 1. The SMILES string of the molecule is CCc1nc(Sc2ccc(C(=O)NC3CC3)cc2)nc(-n2ccc(N)n2)n1. The van der Waals surface area contributed by atoms with Gasteiger partial charge in [-0.1, -0.05) is 6.92 Å². The zero-order valence-corrected chi connectivity index (χ0v) is 15.6. The van der Waals surface area contributed by atoms with E-state index in [2.05, 4.69) is 25.4 Å². The number of hydrogen-bond acceptors (Lipinski definition) is 7. The molecule has 4 rings (SSSR count). The number of carbonyl (C=O) groups is 1. The molecule has 1 aliphatic rings. The van der Waals surface area contributed by atoms with Gasteiger partial charge in [0, 0.05) is 35.2 Å². The fourth-order valence-corrected chi connectivity index (χ4v) is 3.18. The molecule has 2 aromatic heterocycles. The zero-order valence-electron chi connectivity index (χ0n) is 14.8. The van der Waals surface area contributed by atoms with Crippen molar-refractivity contribution in [2.45, 2.75) is 42.3 Å². The minimum atomic E-state index is -0.0268. The van der Waals surface area contributed by atoms with Crippen LogP contribution in [0.25, 0.3) is 5.95 Å². The van der Waals surface area contributed by atoms with Crippen LogP contribution in [0.4, 0.5) is 5.82 Å². The van der Waals surface area contributed by atoms with Crippen molar-refractivity contribution < 1.29 is 4.79 Å². The van der Waals surface area contributed by atoms with E-state index in [4.69, 9.17) is 5.73 Å². The quantitative estimate of drug-likeness (QED) is 0.673. The first-order chi connectivity index (χ1) is 13.1. The molecule has 0 aliphatic heterocycles. The van der Waals surface area contributed by atoms with Crippen molar-refractivity contribution >= 4 is 23.5 Å². The monoisotopic (exact) mass is 381 g/mol. The number of rotatable bonds is 6. The van der Waals surface area contributed by atoms with E-state index in [0.29, 0.717) is 40.8 Å². The largest absolute Gasteiger partial charge is 0.382 e. The van der Waals surface area contributed by atoms with Gasteiger partial charge < -0.3 is 11.1 Å². The lowest BCUT2D eigenvalue weighted by Crippen LogP contribution is -2.25. The van der Waals surface area contributed by atoms with E-state index < -0.39 is 0 Å². The normalized spacial score (nSPS) is 13.5. The van der Waals surface area contributed by atoms with Gasteiger partial charge in [0.25, 0.3) is 11.9 Å². The molecular weight excluding hydrogens is 362 g/mol. The summed E-state index contributed by atoms with van der Waals surface area (Å²) in [5, 5.41) is 7.71. The van der Waals surface area contributed by atoms with Crippen LogP contribution in [0.2, 0.25) is 0 Å². The third kappa shape index (κ3) is 4.25. The van der Waals surface area contributed by atoms with Gasteiger partial charge in [-0.25, -0.2) is 9.67 Å². The number of hydrogen-bond donors (Lipinski definition) is 2. The van der Waals surface area contributed by atoms with Gasteiger partial charge >= 0.3 is 0 Å². The number of nitrogens with two attached hydrogens (primary N) is 1. The van der Waals surface area contributed by atoms with Crippen molar-refractivity contribution in [2.24, 2.45) is 0 Å². The molecule has 2 heterocycles. The van der Waals surface area contributed by atoms with Gasteiger partial charge in [-0.3, -0.25) is 4.79 Å². The number of nitrogen functional groups attached to an aromatic ring is 1. The summed E-state index contributed by atoms with van der Waals surface area (Å²) in [4.78, 5) is 26.4. The number of carbonyl (C=O) groups excluding carboxylic acids is 1. The molecule has 9 heteroatoms. The Labute approximate surface area is 160 Å². The van der Waals surface area contributed by atoms with Gasteiger partial charge in [-0.15, -0.1) is 5.10 Å². The van der Waals surface area contributed by atoms with Gasteiger partial charge in [0.1, 0.15) is 11.6 Å². The fraction of sp³-hybridized carbons (Fsp3) is 0.278. The molecule has 3 aromatic rings. The molecule has 8 nitrogen and oxygen atoms in total. The first-order valence-electron chi connectivity index (χ1n) is 8.76. The fourth-order valence-electron chi connectivity index (χ4n) is 2.42. The van der Waals surface area contributed by atoms with E-state index in [1.165, 1.54) is 16.4 Å². The van der Waals surface area contributed by atoms with Gasteiger partial charge in [0.15, 0.2) is 5.16 Å². The summed E-state index contributed by atoms with van der Waals surface area (Å²) in [6.45, 7) is 1.98. The number of nitrogens with zero attached hydrogens (tertiary/aromatic N) is 5. The molecule has 27 heavy (non-hydrogen) atoms. The van der Waals surface area contributed by atoms with Crippen LogP contribution in [0.15, 0.2) is 46.6 Å². The molecule has 1 aliphatic carbocycles. The maximum Gasteiger partial charge on any atom is 0.254 e. The van der Waals surface area contributed by atoms with Crippen molar-refractivity contribution in [3.63, 3.8) is 0 Å². The lowest BCUT2D eigenvalue weighted by molar-refractivity contribution is 0.0951. The first-order valence-corrected chi connectivity index (χ1v) is 9.57. The number of benzene rings is 1. The molecule has 1 amide bonds. The highest BCUT2D eigenvalue weighted by Gasteiger charge is 2.23. The first kappa shape index (κ1) is 17.5. The molecule has 138 valence electrons. The number of aromatic nitrogens is 5. The van der Waals surface area contributed by atoms with E-state index >= 15 is 0 Å². The van der Waals surface area contributed by atoms with Crippen molar-refractivity contribution in [1.82, 2.24) is 30.0 Å². The summed E-state index contributed by atoms with van der Waals surface area (Å²) in [5.74, 6) is 1.49. The van der Waals surface area contributed by atoms with Crippen molar-refractivity contribution in [2.75, 3.05) is 5.73 Å². The van der Waals surface area contributed by atoms with Crippen LogP contribution in [0.3, 0.4) is 0 Å². The summed E-state index contributed by atoms with van der Waals surface area (Å²) in [7, 11) is 0. The minimum Gasteiger partial charge on any atom is -0.382 e. The van der Waals surface area contributed by atoms with Crippen LogP contribution in [-0.2, 0) is 6.42 Å². The lowest BCUT2D eigenvalue weighted by Gasteiger charge is -2.07. The average Bonchev–Trinajstić information content (AvgIpc) is 3.38. The molecule has 1 aromatic carbocycles. The molecule has 3 N–H and O–H groups in total. The Morgan fingerprint density at radius 2 is 2.00 bits per heavy atom. The Hall–Kier alpha value is -2.94. The topological polar surface area (TPSA) is 112 Å². The van der Waals surface area contributed by atoms with Crippen molar-refractivity contribution in [3.05, 3.63) is 47.9 Å². The van der Waals surface area contributed by atoms with Crippen molar-refractivity contribution in [1.29, 1.82) is 0 Å². The maximum absolute atomic E-state index is 12.1. The Balaban J connectivity index is 1.53. The highest BCUT2D eigenvalue weighted by atomic mass is 32.2. The molecule has 0 unspecified atom stereocenters. The number of nitrogens with one attached hydrogen (secondary N) is 1. The van der Waals surface area contributed by atoms with Crippen LogP contribution in [0.5, 0.6) is 0 Å². The van der Waals surface area contributed by atoms with Crippen LogP contribution in [0, 0.1) is 0 Å². The maximum atomic E-state index is 12.1. The highest BCUT2D eigenvalue weighted by Crippen LogP contribution is 2.26. The molecule has 1 saturated carbocycles. The smallest absolute Gasteiger partial charge is 0.254 e. The lowest BCUT2D eigenvalue weighted by atomic mass is 10.2. The summed E-state index contributed by atoms with van der Waals surface area (Å²) >= 11 is 1.41. The van der Waals surface area contributed by atoms with Crippen LogP contribution in [-0.4, -0.2) is 36.7 Å². The summed E-state index contributed by atoms with van der Waals surface area (Å²) in [6.07, 6.45) is 4.54. The third-order valence-electron chi connectivity index (χ3n) is 4.02. The molecule has 0 atom stereocenters. The molecule has 0 bridgehead atoms. The Morgan fingerprint density at radius 1 is 1.22 bits per heavy atom. The van der Waals surface area contributed by atoms with Crippen LogP contribution < -0.4 is 11.1 Å². The van der Waals surface area contributed by atoms with Crippen molar-refractivity contribution in [3.8, 4) is 5.95 Å². The van der Waals surface area contributed by atoms with E-state index in [1.54, 1.807) is 12.3 Å².